The number of halogens is 5. The van der Waals surface area contributed by atoms with Gasteiger partial charge in [0, 0.05) is 123 Å². The molecule has 15 heteroatoms. The van der Waals surface area contributed by atoms with Gasteiger partial charge in [-0.15, -0.1) is 59.0 Å². The van der Waals surface area contributed by atoms with E-state index >= 15 is 0 Å². The van der Waals surface area contributed by atoms with Crippen molar-refractivity contribution in [3.05, 3.63) is 199 Å². The Balaban J connectivity index is 0.000000394. The number of benzene rings is 3. The van der Waals surface area contributed by atoms with E-state index in [0.717, 1.165) is 46.1 Å². The van der Waals surface area contributed by atoms with E-state index in [1.807, 2.05) is 60.1 Å². The van der Waals surface area contributed by atoms with Gasteiger partial charge in [-0.3, -0.25) is 13.5 Å². The first-order valence-electron chi connectivity index (χ1n) is 17.1. The van der Waals surface area contributed by atoms with Gasteiger partial charge in [-0.05, 0) is 52.4 Å². The van der Waals surface area contributed by atoms with E-state index in [-0.39, 0.29) is 91.4 Å². The summed E-state index contributed by atoms with van der Waals surface area (Å²) >= 11 is 1.66. The standard InChI is InChI=1S/C15H16N.C11H6F2N.C10H6F3N2.C9H6NS.4Ir/c1-15(2,3)13-8-6-7-12(11-13)14-9-4-5-10-16-14;12-8-4-5-9(10(13)7-8)11-3-1-2-6-14-11;11-10(12,13)8-2-4-9(5-3-8)15-7-1-6-14-15;1-2-6-10-8(4-1)9-5-3-7-11-9;;;;/h4-6,8-11H,1-3H3;1-4,6-7H;1-4,6-7H;1-4,6-7H;;;;/q4*-1;;;;. The number of rotatable bonds is 4. The van der Waals surface area contributed by atoms with Crippen LogP contribution in [0.15, 0.2) is 152 Å². The molecule has 8 rings (SSSR count). The summed E-state index contributed by atoms with van der Waals surface area (Å²) < 4.78 is 63.9. The van der Waals surface area contributed by atoms with Gasteiger partial charge in [0.1, 0.15) is 0 Å². The molecule has 5 heterocycles. The van der Waals surface area contributed by atoms with Gasteiger partial charge in [0.25, 0.3) is 0 Å². The number of pyridine rings is 3. The van der Waals surface area contributed by atoms with Crippen molar-refractivity contribution < 1.29 is 102 Å². The van der Waals surface area contributed by atoms with E-state index in [1.165, 1.54) is 16.3 Å². The minimum absolute atomic E-state index is 0. The van der Waals surface area contributed by atoms with Crippen molar-refractivity contribution in [1.29, 1.82) is 0 Å². The Kier molecular flexibility index (Phi) is 24.0. The maximum atomic E-state index is 13.2. The van der Waals surface area contributed by atoms with Gasteiger partial charge in [-0.1, -0.05) is 79.2 Å². The molecular formula is C45H34F5Ir4N5S-4. The third-order valence-electron chi connectivity index (χ3n) is 7.63. The molecule has 0 N–H and O–H groups in total. The number of aromatic nitrogens is 5. The molecule has 320 valence electrons. The van der Waals surface area contributed by atoms with Crippen LogP contribution in [0.5, 0.6) is 0 Å². The summed E-state index contributed by atoms with van der Waals surface area (Å²) in [5.74, 6) is -1.29. The van der Waals surface area contributed by atoms with Crippen molar-refractivity contribution in [2.45, 2.75) is 32.4 Å². The number of alkyl halides is 3. The molecule has 5 aromatic heterocycles. The molecule has 0 fully saturated rings. The van der Waals surface area contributed by atoms with Crippen LogP contribution in [0, 0.1) is 35.9 Å². The molecule has 0 atom stereocenters. The molecule has 0 aliphatic rings. The fourth-order valence-electron chi connectivity index (χ4n) is 4.78. The summed E-state index contributed by atoms with van der Waals surface area (Å²) in [7, 11) is 0. The predicted molar refractivity (Wildman–Crippen MR) is 209 cm³/mol. The van der Waals surface area contributed by atoms with Crippen LogP contribution in [0.4, 0.5) is 22.0 Å². The van der Waals surface area contributed by atoms with Crippen LogP contribution in [0.25, 0.3) is 38.8 Å². The number of nitrogens with zero attached hydrogens (tertiary/aromatic N) is 5. The number of thiophene rings is 1. The van der Waals surface area contributed by atoms with Crippen LogP contribution in [-0.2, 0) is 92.0 Å². The van der Waals surface area contributed by atoms with Gasteiger partial charge >= 0.3 is 6.18 Å². The Morgan fingerprint density at radius 1 is 0.600 bits per heavy atom. The van der Waals surface area contributed by atoms with Crippen molar-refractivity contribution in [2.24, 2.45) is 0 Å². The Morgan fingerprint density at radius 2 is 1.23 bits per heavy atom. The molecule has 0 aliphatic heterocycles. The molecule has 0 spiro atoms. The third kappa shape index (κ3) is 17.0. The molecular weight excluding hydrogens is 1510 g/mol. The zero-order valence-electron chi connectivity index (χ0n) is 31.8. The van der Waals surface area contributed by atoms with Gasteiger partial charge in [0.05, 0.1) is 0 Å². The fraction of sp³-hybridized carbons (Fsp3) is 0.111. The molecule has 0 saturated heterocycles. The number of hydrogen-bond donors (Lipinski definition) is 0. The van der Waals surface area contributed by atoms with Crippen molar-refractivity contribution in [2.75, 3.05) is 0 Å². The Hall–Kier alpha value is -3.73. The average molecular weight is 1540 g/mol. The summed E-state index contributed by atoms with van der Waals surface area (Å²) in [6.45, 7) is 6.64. The second kappa shape index (κ2) is 26.6. The zero-order chi connectivity index (χ0) is 40.0. The molecule has 0 bridgehead atoms. The number of hydrogen-bond acceptors (Lipinski definition) is 5. The first-order valence-corrected chi connectivity index (χ1v) is 17.9. The first-order chi connectivity index (χ1) is 26.9. The summed E-state index contributed by atoms with van der Waals surface area (Å²) in [6.07, 6.45) is 4.02. The molecule has 4 radical (unpaired) electrons. The first kappa shape index (κ1) is 54.3. The Morgan fingerprint density at radius 3 is 1.72 bits per heavy atom. The summed E-state index contributed by atoms with van der Waals surface area (Å²) in [4.78, 5) is 13.6. The maximum absolute atomic E-state index is 13.2. The molecule has 5 nitrogen and oxygen atoms in total. The van der Waals surface area contributed by atoms with Gasteiger partial charge in [0.15, 0.2) is 0 Å². The molecule has 60 heavy (non-hydrogen) atoms. The molecule has 3 aromatic carbocycles. The van der Waals surface area contributed by atoms with Crippen molar-refractivity contribution in [3.63, 3.8) is 0 Å². The fourth-order valence-corrected chi connectivity index (χ4v) is 5.43. The van der Waals surface area contributed by atoms with Crippen LogP contribution >= 0.6 is 11.3 Å². The van der Waals surface area contributed by atoms with E-state index < -0.39 is 23.4 Å². The maximum Gasteiger partial charge on any atom is 0.370 e. The van der Waals surface area contributed by atoms with Crippen molar-refractivity contribution >= 4 is 11.3 Å². The van der Waals surface area contributed by atoms with Crippen LogP contribution in [-0.4, -0.2) is 24.7 Å². The Bertz CT molecular complexity index is 2350. The van der Waals surface area contributed by atoms with Crippen LogP contribution < -0.4 is 0 Å². The molecule has 8 aromatic rings. The van der Waals surface area contributed by atoms with Gasteiger partial charge in [-0.2, -0.15) is 48.6 Å². The van der Waals surface area contributed by atoms with Crippen LogP contribution in [0.2, 0.25) is 0 Å². The summed E-state index contributed by atoms with van der Waals surface area (Å²) in [5.41, 5.74) is 4.93. The molecule has 0 aliphatic carbocycles. The second-order valence-corrected chi connectivity index (χ2v) is 13.6. The van der Waals surface area contributed by atoms with E-state index in [4.69, 9.17) is 0 Å². The van der Waals surface area contributed by atoms with E-state index in [9.17, 15) is 22.0 Å². The van der Waals surface area contributed by atoms with Crippen LogP contribution in [0.1, 0.15) is 31.9 Å². The zero-order valence-corrected chi connectivity index (χ0v) is 42.2. The minimum Gasteiger partial charge on any atom is -0.319 e. The van der Waals surface area contributed by atoms with Gasteiger partial charge < -0.3 is 15.0 Å². The van der Waals surface area contributed by atoms with E-state index in [0.29, 0.717) is 11.4 Å². The van der Waals surface area contributed by atoms with Crippen LogP contribution in [0.3, 0.4) is 0 Å². The SMILES string of the molecule is CC(C)(C)c1cc[c-]c(-c2ccccn2)c1.FC(F)(F)c1c[c-]c(-n2cccn2)cc1.Fc1c[c-]c(-c2ccccn2)c(F)c1.[Ir].[Ir].[Ir].[Ir].[c-]1ccsc1-c1ccccn1. The predicted octanol–water partition coefficient (Wildman–Crippen LogP) is 12.0. The smallest absolute Gasteiger partial charge is 0.319 e. The average Bonchev–Trinajstić information content (AvgIpc) is 3.96. The largest absolute Gasteiger partial charge is 0.370 e. The van der Waals surface area contributed by atoms with Gasteiger partial charge in [-0.25, -0.2) is 11.3 Å². The second-order valence-electron chi connectivity index (χ2n) is 12.7. The monoisotopic (exact) mass is 1540 g/mol. The van der Waals surface area contributed by atoms with Gasteiger partial charge in [0.2, 0.25) is 0 Å². The normalized spacial score (nSPS) is 10.1. The van der Waals surface area contributed by atoms with E-state index in [2.05, 4.69) is 77.2 Å². The molecule has 0 saturated carbocycles. The Labute approximate surface area is 404 Å². The quantitative estimate of drug-likeness (QED) is 0.130. The minimum atomic E-state index is -4.32. The van der Waals surface area contributed by atoms with Crippen molar-refractivity contribution in [1.82, 2.24) is 24.7 Å². The third-order valence-corrected chi connectivity index (χ3v) is 8.46. The molecule has 0 unspecified atom stereocenters. The van der Waals surface area contributed by atoms with Crippen molar-refractivity contribution in [3.8, 4) is 38.8 Å². The molecule has 0 amide bonds. The topological polar surface area (TPSA) is 56.5 Å². The van der Waals surface area contributed by atoms with E-state index in [1.54, 1.807) is 60.4 Å². The summed E-state index contributed by atoms with van der Waals surface area (Å²) in [6, 6.07) is 43.3. The summed E-state index contributed by atoms with van der Waals surface area (Å²) in [5, 5.41) is 5.89.